The smallest absolute Gasteiger partial charge is 0.212 e. The number of pyridine rings is 1. The summed E-state index contributed by atoms with van der Waals surface area (Å²) in [5, 5.41) is 0. The SMILES string of the molecule is COc1ccc(-c2cn3cc(CN4CCN(CS(=O)[O-])CC4)nc3c(N3CCOCC3)n2)cn1. The number of imidazole rings is 1. The van der Waals surface area contributed by atoms with Gasteiger partial charge in [0.2, 0.25) is 5.88 Å². The van der Waals surface area contributed by atoms with Gasteiger partial charge in [-0.05, 0) is 17.1 Å². The van der Waals surface area contributed by atoms with Crippen molar-refractivity contribution < 1.29 is 18.2 Å². The van der Waals surface area contributed by atoms with Gasteiger partial charge in [-0.3, -0.25) is 14.0 Å². The maximum absolute atomic E-state index is 11.0. The predicted octanol–water partition coefficient (Wildman–Crippen LogP) is 0.591. The molecule has 1 atom stereocenters. The van der Waals surface area contributed by atoms with Crippen LogP contribution in [-0.2, 0) is 22.4 Å². The monoisotopic (exact) mass is 486 g/mol. The number of fused-ring (bicyclic) bond motifs is 1. The van der Waals surface area contributed by atoms with Crippen molar-refractivity contribution in [3.05, 3.63) is 36.4 Å². The molecule has 0 bridgehead atoms. The van der Waals surface area contributed by atoms with Crippen molar-refractivity contribution >= 4 is 22.5 Å². The summed E-state index contributed by atoms with van der Waals surface area (Å²) in [5.41, 5.74) is 3.50. The van der Waals surface area contributed by atoms with Crippen LogP contribution in [0.25, 0.3) is 16.9 Å². The van der Waals surface area contributed by atoms with Gasteiger partial charge in [0.15, 0.2) is 11.5 Å². The van der Waals surface area contributed by atoms with Crippen LogP contribution in [0.4, 0.5) is 5.82 Å². The Hall–Kier alpha value is -2.64. The molecule has 12 heteroatoms. The third kappa shape index (κ3) is 5.20. The molecule has 0 N–H and O–H groups in total. The van der Waals surface area contributed by atoms with Crippen molar-refractivity contribution in [3.63, 3.8) is 0 Å². The molecule has 5 heterocycles. The fourth-order valence-electron chi connectivity index (χ4n) is 4.34. The molecule has 0 saturated carbocycles. The lowest BCUT2D eigenvalue weighted by Gasteiger charge is -2.34. The van der Waals surface area contributed by atoms with Gasteiger partial charge < -0.3 is 23.3 Å². The average molecular weight is 487 g/mol. The quantitative estimate of drug-likeness (QED) is 0.440. The van der Waals surface area contributed by atoms with Gasteiger partial charge in [0.1, 0.15) is 0 Å². The zero-order valence-corrected chi connectivity index (χ0v) is 19.9. The lowest BCUT2D eigenvalue weighted by molar-refractivity contribution is 0.122. The number of hydrogen-bond donors (Lipinski definition) is 0. The van der Waals surface area contributed by atoms with Crippen LogP contribution in [0.3, 0.4) is 0 Å². The molecule has 2 fully saturated rings. The molecule has 2 aliphatic heterocycles. The Morgan fingerprint density at radius 1 is 1.06 bits per heavy atom. The second-order valence-electron chi connectivity index (χ2n) is 8.43. The van der Waals surface area contributed by atoms with Crippen LogP contribution < -0.4 is 9.64 Å². The van der Waals surface area contributed by atoms with Gasteiger partial charge in [-0.1, -0.05) is 0 Å². The predicted molar refractivity (Wildman–Crippen MR) is 126 cm³/mol. The molecule has 3 aromatic heterocycles. The molecule has 11 nitrogen and oxygen atoms in total. The van der Waals surface area contributed by atoms with Crippen molar-refractivity contribution in [3.8, 4) is 17.1 Å². The van der Waals surface area contributed by atoms with E-state index in [1.807, 2.05) is 27.6 Å². The van der Waals surface area contributed by atoms with Crippen LogP contribution in [0.1, 0.15) is 5.69 Å². The molecular formula is C22H28N7O4S-. The van der Waals surface area contributed by atoms with E-state index in [-0.39, 0.29) is 5.88 Å². The Kier molecular flexibility index (Phi) is 7.02. The van der Waals surface area contributed by atoms with Crippen LogP contribution >= 0.6 is 0 Å². The van der Waals surface area contributed by atoms with Crippen molar-refractivity contribution in [2.24, 2.45) is 0 Å². The van der Waals surface area contributed by atoms with Crippen LogP contribution in [-0.4, -0.2) is 103 Å². The minimum Gasteiger partial charge on any atom is -0.771 e. The summed E-state index contributed by atoms with van der Waals surface area (Å²) in [6.45, 7) is 6.63. The number of morpholine rings is 1. The summed E-state index contributed by atoms with van der Waals surface area (Å²) in [5.74, 6) is 1.50. The Morgan fingerprint density at radius 2 is 1.82 bits per heavy atom. The molecule has 0 amide bonds. The van der Waals surface area contributed by atoms with Gasteiger partial charge >= 0.3 is 0 Å². The van der Waals surface area contributed by atoms with Gasteiger partial charge in [-0.15, -0.1) is 0 Å². The number of nitrogens with zero attached hydrogens (tertiary/aromatic N) is 7. The second kappa shape index (κ2) is 10.3. The number of piperazine rings is 1. The molecule has 34 heavy (non-hydrogen) atoms. The molecule has 0 aromatic carbocycles. The normalized spacial score (nSPS) is 18.9. The lowest BCUT2D eigenvalue weighted by Crippen LogP contribution is -2.46. The molecule has 2 saturated heterocycles. The number of methoxy groups -OCH3 is 1. The van der Waals surface area contributed by atoms with Gasteiger partial charge in [0, 0.05) is 76.0 Å². The van der Waals surface area contributed by atoms with Crippen molar-refractivity contribution in [1.82, 2.24) is 29.2 Å². The van der Waals surface area contributed by atoms with E-state index in [2.05, 4.69) is 21.0 Å². The van der Waals surface area contributed by atoms with E-state index in [1.165, 1.54) is 0 Å². The van der Waals surface area contributed by atoms with E-state index in [0.29, 0.717) is 25.6 Å². The first-order chi connectivity index (χ1) is 16.6. The van der Waals surface area contributed by atoms with E-state index in [0.717, 1.165) is 67.7 Å². The maximum Gasteiger partial charge on any atom is 0.212 e. The van der Waals surface area contributed by atoms with E-state index in [9.17, 15) is 8.76 Å². The molecule has 1 unspecified atom stereocenters. The molecule has 0 aliphatic carbocycles. The van der Waals surface area contributed by atoms with Gasteiger partial charge in [0.05, 0.1) is 37.6 Å². The number of rotatable bonds is 7. The number of anilines is 1. The lowest BCUT2D eigenvalue weighted by atomic mass is 10.2. The van der Waals surface area contributed by atoms with Crippen molar-refractivity contribution in [2.45, 2.75) is 6.54 Å². The molecule has 0 spiro atoms. The fraction of sp³-hybridized carbons (Fsp3) is 0.500. The molecule has 182 valence electrons. The van der Waals surface area contributed by atoms with Crippen molar-refractivity contribution in [1.29, 1.82) is 0 Å². The third-order valence-electron chi connectivity index (χ3n) is 6.16. The van der Waals surface area contributed by atoms with E-state index < -0.39 is 11.1 Å². The standard InChI is InChI=1S/C22H29N7O4S/c1-32-20-3-2-17(12-23-20)19-15-29-14-18(13-26-4-6-27(7-5-26)16-34(30)31)24-21(29)22(25-19)28-8-10-33-11-9-28/h2-3,12,14-15H,4-11,13,16H2,1H3,(H,30,31)/p-1. The van der Waals surface area contributed by atoms with Gasteiger partial charge in [-0.2, -0.15) is 0 Å². The highest BCUT2D eigenvalue weighted by Crippen LogP contribution is 2.26. The fourth-order valence-corrected chi connectivity index (χ4v) is 4.90. The van der Waals surface area contributed by atoms with E-state index >= 15 is 0 Å². The Labute approximate surface area is 200 Å². The van der Waals surface area contributed by atoms with Crippen molar-refractivity contribution in [2.75, 3.05) is 70.4 Å². The van der Waals surface area contributed by atoms with Crippen LogP contribution in [0.2, 0.25) is 0 Å². The van der Waals surface area contributed by atoms with E-state index in [1.54, 1.807) is 13.3 Å². The van der Waals surface area contributed by atoms with Gasteiger partial charge in [0.25, 0.3) is 0 Å². The number of hydrogen-bond acceptors (Lipinski definition) is 10. The zero-order valence-electron chi connectivity index (χ0n) is 19.1. The number of ether oxygens (including phenoxy) is 2. The van der Waals surface area contributed by atoms with Crippen LogP contribution in [0, 0.1) is 0 Å². The highest BCUT2D eigenvalue weighted by atomic mass is 32.2. The summed E-state index contributed by atoms with van der Waals surface area (Å²) in [6.07, 6.45) is 5.81. The Morgan fingerprint density at radius 3 is 2.50 bits per heavy atom. The zero-order chi connectivity index (χ0) is 23.5. The number of aromatic nitrogens is 4. The van der Waals surface area contributed by atoms with E-state index in [4.69, 9.17) is 19.4 Å². The topological polar surface area (TPSA) is 111 Å². The molecule has 2 aliphatic rings. The highest BCUT2D eigenvalue weighted by molar-refractivity contribution is 7.79. The molecule has 3 aromatic rings. The molecular weight excluding hydrogens is 458 g/mol. The molecule has 0 radical (unpaired) electrons. The average Bonchev–Trinajstić information content (AvgIpc) is 3.27. The highest BCUT2D eigenvalue weighted by Gasteiger charge is 2.22. The largest absolute Gasteiger partial charge is 0.771 e. The summed E-state index contributed by atoms with van der Waals surface area (Å²) in [7, 11) is 1.60. The van der Waals surface area contributed by atoms with Crippen LogP contribution in [0.5, 0.6) is 5.88 Å². The molecule has 5 rings (SSSR count). The summed E-state index contributed by atoms with van der Waals surface area (Å²) in [4.78, 5) is 20.7. The minimum absolute atomic E-state index is 0.0970. The Bertz CT molecular complexity index is 1140. The summed E-state index contributed by atoms with van der Waals surface area (Å²) < 4.78 is 34.7. The van der Waals surface area contributed by atoms with Gasteiger partial charge in [-0.25, -0.2) is 15.0 Å². The minimum atomic E-state index is -2.04. The first-order valence-electron chi connectivity index (χ1n) is 11.3. The summed E-state index contributed by atoms with van der Waals surface area (Å²) >= 11 is -2.04. The Balaban J connectivity index is 1.42. The summed E-state index contributed by atoms with van der Waals surface area (Å²) in [6, 6.07) is 3.78. The first-order valence-corrected chi connectivity index (χ1v) is 12.6. The maximum atomic E-state index is 11.0. The third-order valence-corrected chi connectivity index (χ3v) is 6.74. The second-order valence-corrected chi connectivity index (χ2v) is 9.29. The van der Waals surface area contributed by atoms with Crippen LogP contribution in [0.15, 0.2) is 30.7 Å². The first kappa shape index (κ1) is 23.1.